The number of imidazole rings is 2. The molecule has 5 rings (SSSR count). The highest BCUT2D eigenvalue weighted by atomic mass is 32.2. The quantitative estimate of drug-likeness (QED) is 0.653. The van der Waals surface area contributed by atoms with Gasteiger partial charge in [-0.1, -0.05) is 12.1 Å². The number of nitrogens with zero attached hydrogens (tertiary/aromatic N) is 6. The molecule has 146 valence electrons. The summed E-state index contributed by atoms with van der Waals surface area (Å²) in [5.41, 5.74) is 1.87. The van der Waals surface area contributed by atoms with Crippen molar-refractivity contribution < 1.29 is 13.2 Å². The summed E-state index contributed by atoms with van der Waals surface area (Å²) >= 11 is 0. The molecule has 0 unspecified atom stereocenters. The Balaban J connectivity index is 1.36. The van der Waals surface area contributed by atoms with Gasteiger partial charge in [0, 0.05) is 32.4 Å². The van der Waals surface area contributed by atoms with Gasteiger partial charge in [0.1, 0.15) is 6.54 Å². The third-order valence-corrected chi connectivity index (χ3v) is 7.11. The van der Waals surface area contributed by atoms with E-state index in [4.69, 9.17) is 0 Å². The number of amides is 1. The topological polar surface area (TPSA) is 93.3 Å². The number of hydrogen-bond acceptors (Lipinski definition) is 5. The first kappa shape index (κ1) is 17.4. The molecule has 1 aromatic carbocycles. The van der Waals surface area contributed by atoms with E-state index in [9.17, 15) is 13.2 Å². The number of hydrogen-bond donors (Lipinski definition) is 0. The number of carbonyl (C=O) groups is 1. The zero-order chi connectivity index (χ0) is 19.3. The Bertz CT molecular complexity index is 1160. The van der Waals surface area contributed by atoms with Crippen LogP contribution in [0.2, 0.25) is 0 Å². The lowest BCUT2D eigenvalue weighted by Crippen LogP contribution is -2.32. The van der Waals surface area contributed by atoms with Crippen LogP contribution in [0.4, 0.5) is 5.95 Å². The van der Waals surface area contributed by atoms with Crippen molar-refractivity contribution in [3.8, 4) is 0 Å². The Labute approximate surface area is 162 Å². The number of para-hydroxylation sites is 2. The second kappa shape index (κ2) is 6.42. The fourth-order valence-electron chi connectivity index (χ4n) is 3.89. The molecule has 10 heteroatoms. The van der Waals surface area contributed by atoms with Crippen LogP contribution in [0.15, 0.2) is 41.8 Å². The summed E-state index contributed by atoms with van der Waals surface area (Å²) < 4.78 is 30.2. The van der Waals surface area contributed by atoms with Crippen molar-refractivity contribution in [2.75, 3.05) is 24.5 Å². The van der Waals surface area contributed by atoms with E-state index in [1.807, 2.05) is 28.8 Å². The van der Waals surface area contributed by atoms with Crippen LogP contribution in [-0.4, -0.2) is 57.4 Å². The van der Waals surface area contributed by atoms with E-state index in [1.54, 1.807) is 4.90 Å². The Kier molecular flexibility index (Phi) is 3.98. The molecule has 0 aliphatic carbocycles. The second-order valence-corrected chi connectivity index (χ2v) is 8.98. The standard InChI is InChI=1S/C18H20N6O3S/c25-17(24-10-9-23-15-6-2-1-5-14(15)20-18(23)24)12-21-11-16(19-13-21)28(26,27)22-7-3-4-8-22/h1-2,5-6,11,13H,3-4,7-10,12H2. The highest BCUT2D eigenvalue weighted by Crippen LogP contribution is 2.27. The fraction of sp³-hybridized carbons (Fsp3) is 0.389. The monoisotopic (exact) mass is 400 g/mol. The number of aromatic nitrogens is 4. The molecular formula is C18H20N6O3S. The predicted octanol–water partition coefficient (Wildman–Crippen LogP) is 1.06. The van der Waals surface area contributed by atoms with Crippen LogP contribution in [0, 0.1) is 0 Å². The third kappa shape index (κ3) is 2.71. The van der Waals surface area contributed by atoms with Crippen LogP contribution >= 0.6 is 0 Å². The van der Waals surface area contributed by atoms with Crippen molar-refractivity contribution in [1.29, 1.82) is 0 Å². The first-order chi connectivity index (χ1) is 13.5. The van der Waals surface area contributed by atoms with E-state index in [1.165, 1.54) is 21.4 Å². The molecule has 2 aliphatic heterocycles. The van der Waals surface area contributed by atoms with Gasteiger partial charge in [0.15, 0.2) is 5.03 Å². The van der Waals surface area contributed by atoms with Gasteiger partial charge in [-0.05, 0) is 25.0 Å². The summed E-state index contributed by atoms with van der Waals surface area (Å²) in [5.74, 6) is 0.493. The minimum absolute atomic E-state index is 0.00383. The maximum atomic E-state index is 12.8. The van der Waals surface area contributed by atoms with Gasteiger partial charge in [-0.15, -0.1) is 0 Å². The molecule has 0 saturated carbocycles. The van der Waals surface area contributed by atoms with E-state index in [0.29, 0.717) is 32.1 Å². The minimum Gasteiger partial charge on any atom is -0.327 e. The molecule has 2 aliphatic rings. The molecule has 9 nitrogen and oxygen atoms in total. The molecule has 4 heterocycles. The maximum absolute atomic E-state index is 12.8. The molecule has 28 heavy (non-hydrogen) atoms. The van der Waals surface area contributed by atoms with Gasteiger partial charge in [0.2, 0.25) is 11.9 Å². The van der Waals surface area contributed by atoms with Crippen LogP contribution in [0.25, 0.3) is 11.0 Å². The van der Waals surface area contributed by atoms with Gasteiger partial charge >= 0.3 is 0 Å². The molecule has 2 aromatic heterocycles. The van der Waals surface area contributed by atoms with Crippen molar-refractivity contribution >= 4 is 32.9 Å². The Morgan fingerprint density at radius 3 is 2.68 bits per heavy atom. The third-order valence-electron chi connectivity index (χ3n) is 5.32. The lowest BCUT2D eigenvalue weighted by Gasteiger charge is -2.14. The van der Waals surface area contributed by atoms with Gasteiger partial charge in [0.25, 0.3) is 10.0 Å². The molecule has 0 bridgehead atoms. The van der Waals surface area contributed by atoms with Crippen molar-refractivity contribution in [2.24, 2.45) is 0 Å². The molecule has 0 radical (unpaired) electrons. The number of rotatable bonds is 4. The molecule has 0 atom stereocenters. The minimum atomic E-state index is -3.58. The van der Waals surface area contributed by atoms with E-state index in [2.05, 4.69) is 9.97 Å². The molecule has 1 saturated heterocycles. The van der Waals surface area contributed by atoms with Gasteiger partial charge in [-0.3, -0.25) is 9.69 Å². The van der Waals surface area contributed by atoms with Crippen LogP contribution in [0.5, 0.6) is 0 Å². The SMILES string of the molecule is O=C(Cn1cnc(S(=O)(=O)N2CCCC2)c1)N1CCn2c1nc1ccccc12. The van der Waals surface area contributed by atoms with E-state index in [-0.39, 0.29) is 17.5 Å². The summed E-state index contributed by atoms with van der Waals surface area (Å²) in [6, 6.07) is 7.79. The summed E-state index contributed by atoms with van der Waals surface area (Å²) in [4.78, 5) is 23.1. The summed E-state index contributed by atoms with van der Waals surface area (Å²) in [5, 5.41) is -0.00383. The summed E-state index contributed by atoms with van der Waals surface area (Å²) in [7, 11) is -3.58. The molecule has 1 amide bonds. The van der Waals surface area contributed by atoms with Crippen LogP contribution in [-0.2, 0) is 27.9 Å². The number of benzene rings is 1. The van der Waals surface area contributed by atoms with Crippen molar-refractivity contribution in [3.05, 3.63) is 36.8 Å². The highest BCUT2D eigenvalue weighted by molar-refractivity contribution is 7.89. The fourth-order valence-corrected chi connectivity index (χ4v) is 5.34. The van der Waals surface area contributed by atoms with Crippen LogP contribution in [0.1, 0.15) is 12.8 Å². The van der Waals surface area contributed by atoms with E-state index < -0.39 is 10.0 Å². The van der Waals surface area contributed by atoms with Gasteiger partial charge in [-0.2, -0.15) is 4.31 Å². The Hall–Kier alpha value is -2.72. The lowest BCUT2D eigenvalue weighted by molar-refractivity contribution is -0.119. The average molecular weight is 400 g/mol. The van der Waals surface area contributed by atoms with Crippen LogP contribution < -0.4 is 4.90 Å². The van der Waals surface area contributed by atoms with Gasteiger partial charge in [0.05, 0.1) is 17.4 Å². The first-order valence-corrected chi connectivity index (χ1v) is 10.8. The zero-order valence-electron chi connectivity index (χ0n) is 15.2. The second-order valence-electron chi connectivity index (χ2n) is 7.09. The predicted molar refractivity (Wildman–Crippen MR) is 102 cm³/mol. The number of fused-ring (bicyclic) bond motifs is 3. The van der Waals surface area contributed by atoms with Gasteiger partial charge in [-0.25, -0.2) is 18.4 Å². The van der Waals surface area contributed by atoms with Crippen molar-refractivity contribution in [2.45, 2.75) is 31.0 Å². The molecular weight excluding hydrogens is 380 g/mol. The Morgan fingerprint density at radius 2 is 1.86 bits per heavy atom. The molecule has 0 N–H and O–H groups in total. The van der Waals surface area contributed by atoms with Crippen molar-refractivity contribution in [3.63, 3.8) is 0 Å². The van der Waals surface area contributed by atoms with Crippen molar-refractivity contribution in [1.82, 2.24) is 23.4 Å². The molecule has 3 aromatic rings. The first-order valence-electron chi connectivity index (χ1n) is 9.31. The smallest absolute Gasteiger partial charge is 0.262 e. The maximum Gasteiger partial charge on any atom is 0.262 e. The lowest BCUT2D eigenvalue weighted by atomic mass is 10.3. The summed E-state index contributed by atoms with van der Waals surface area (Å²) in [6.07, 6.45) is 4.58. The Morgan fingerprint density at radius 1 is 1.07 bits per heavy atom. The zero-order valence-corrected chi connectivity index (χ0v) is 16.0. The summed E-state index contributed by atoms with van der Waals surface area (Å²) in [6.45, 7) is 2.32. The number of sulfonamides is 1. The van der Waals surface area contributed by atoms with Gasteiger partial charge < -0.3 is 9.13 Å². The highest BCUT2D eigenvalue weighted by Gasteiger charge is 2.31. The van der Waals surface area contributed by atoms with E-state index >= 15 is 0 Å². The largest absolute Gasteiger partial charge is 0.327 e. The van der Waals surface area contributed by atoms with E-state index in [0.717, 1.165) is 23.9 Å². The average Bonchev–Trinajstić information content (AvgIpc) is 3.44. The number of carbonyl (C=O) groups excluding carboxylic acids is 1. The normalized spacial score (nSPS) is 17.5. The van der Waals surface area contributed by atoms with Crippen LogP contribution in [0.3, 0.4) is 0 Å². The molecule has 0 spiro atoms. The molecule has 1 fully saturated rings. The number of anilines is 1.